The molecule has 8 heteroatoms. The van der Waals surface area contributed by atoms with Gasteiger partial charge in [0.15, 0.2) is 0 Å². The zero-order valence-electron chi connectivity index (χ0n) is 17.0. The fraction of sp³-hybridized carbons (Fsp3) is 0.364. The third kappa shape index (κ3) is 7.18. The molecular formula is C22H25Cl2FN2O2S. The Morgan fingerprint density at radius 2 is 1.83 bits per heavy atom. The van der Waals surface area contributed by atoms with Crippen LogP contribution in [0.3, 0.4) is 0 Å². The number of carbonyl (C=O) groups is 2. The molecule has 1 unspecified atom stereocenters. The first kappa shape index (κ1) is 24.5. The van der Waals surface area contributed by atoms with Crippen LogP contribution in [0.4, 0.5) is 4.39 Å². The SMILES string of the molecule is CCNC(=O)C(CC)N(Cc1ccc(Cl)cc1Cl)C(=O)CSCc1ccc(F)cc1. The fourth-order valence-electron chi connectivity index (χ4n) is 2.96. The summed E-state index contributed by atoms with van der Waals surface area (Å²) in [6.07, 6.45) is 0.478. The quantitative estimate of drug-likeness (QED) is 0.511. The molecule has 4 nitrogen and oxygen atoms in total. The first-order valence-electron chi connectivity index (χ1n) is 9.69. The van der Waals surface area contributed by atoms with E-state index < -0.39 is 6.04 Å². The van der Waals surface area contributed by atoms with Crippen molar-refractivity contribution < 1.29 is 14.0 Å². The molecule has 0 saturated carbocycles. The molecule has 2 aromatic rings. The molecule has 0 saturated heterocycles. The molecule has 30 heavy (non-hydrogen) atoms. The molecule has 2 rings (SSSR count). The van der Waals surface area contributed by atoms with Gasteiger partial charge in [-0.2, -0.15) is 0 Å². The lowest BCUT2D eigenvalue weighted by Gasteiger charge is -2.30. The molecule has 1 N–H and O–H groups in total. The van der Waals surface area contributed by atoms with Gasteiger partial charge in [0.2, 0.25) is 11.8 Å². The number of benzene rings is 2. The minimum atomic E-state index is -0.601. The summed E-state index contributed by atoms with van der Waals surface area (Å²) in [7, 11) is 0. The maximum Gasteiger partial charge on any atom is 0.242 e. The number of nitrogens with one attached hydrogen (secondary N) is 1. The molecule has 162 valence electrons. The van der Waals surface area contributed by atoms with E-state index in [1.54, 1.807) is 35.2 Å². The molecule has 0 aliphatic carbocycles. The van der Waals surface area contributed by atoms with Crippen molar-refractivity contribution in [2.45, 2.75) is 38.6 Å². The van der Waals surface area contributed by atoms with Gasteiger partial charge < -0.3 is 10.2 Å². The van der Waals surface area contributed by atoms with Crippen molar-refractivity contribution >= 4 is 46.8 Å². The molecular weight excluding hydrogens is 446 g/mol. The minimum absolute atomic E-state index is 0.161. The number of amides is 2. The highest BCUT2D eigenvalue weighted by Gasteiger charge is 2.28. The van der Waals surface area contributed by atoms with Gasteiger partial charge in [0.1, 0.15) is 11.9 Å². The predicted octanol–water partition coefficient (Wildman–Crippen LogP) is 5.31. The van der Waals surface area contributed by atoms with Crippen molar-refractivity contribution in [3.05, 3.63) is 69.5 Å². The number of thioether (sulfide) groups is 1. The van der Waals surface area contributed by atoms with Gasteiger partial charge >= 0.3 is 0 Å². The smallest absolute Gasteiger partial charge is 0.242 e. The van der Waals surface area contributed by atoms with Crippen LogP contribution in [0.15, 0.2) is 42.5 Å². The second-order valence-corrected chi connectivity index (χ2v) is 8.52. The van der Waals surface area contributed by atoms with E-state index in [-0.39, 0.29) is 29.9 Å². The van der Waals surface area contributed by atoms with Gasteiger partial charge in [0.05, 0.1) is 5.75 Å². The zero-order valence-corrected chi connectivity index (χ0v) is 19.3. The van der Waals surface area contributed by atoms with Crippen molar-refractivity contribution in [3.8, 4) is 0 Å². The Bertz CT molecular complexity index is 865. The number of hydrogen-bond acceptors (Lipinski definition) is 3. The van der Waals surface area contributed by atoms with Crippen LogP contribution in [0, 0.1) is 5.82 Å². The highest BCUT2D eigenvalue weighted by atomic mass is 35.5. The molecule has 0 bridgehead atoms. The number of likely N-dealkylation sites (N-methyl/N-ethyl adjacent to an activating group) is 1. The normalized spacial score (nSPS) is 11.8. The number of halogens is 3. The average molecular weight is 471 g/mol. The Morgan fingerprint density at radius 1 is 1.13 bits per heavy atom. The van der Waals surface area contributed by atoms with Crippen molar-refractivity contribution in [2.24, 2.45) is 0 Å². The topological polar surface area (TPSA) is 49.4 Å². The predicted molar refractivity (Wildman–Crippen MR) is 122 cm³/mol. The summed E-state index contributed by atoms with van der Waals surface area (Å²) in [5.41, 5.74) is 1.65. The summed E-state index contributed by atoms with van der Waals surface area (Å²) in [6, 6.07) is 10.7. The molecule has 0 aliphatic heterocycles. The number of hydrogen-bond donors (Lipinski definition) is 1. The van der Waals surface area contributed by atoms with E-state index in [0.717, 1.165) is 11.1 Å². The monoisotopic (exact) mass is 470 g/mol. The molecule has 1 atom stereocenters. The van der Waals surface area contributed by atoms with Crippen LogP contribution in [0.5, 0.6) is 0 Å². The lowest BCUT2D eigenvalue weighted by Crippen LogP contribution is -2.49. The summed E-state index contributed by atoms with van der Waals surface area (Å²) in [5.74, 6) is 0.115. The lowest BCUT2D eigenvalue weighted by molar-refractivity contribution is -0.139. The lowest BCUT2D eigenvalue weighted by atomic mass is 10.1. The second-order valence-electron chi connectivity index (χ2n) is 6.70. The van der Waals surface area contributed by atoms with Crippen LogP contribution in [0.2, 0.25) is 10.0 Å². The third-order valence-corrected chi connectivity index (χ3v) is 6.08. The first-order valence-corrected chi connectivity index (χ1v) is 11.6. The van der Waals surface area contributed by atoms with Crippen LogP contribution >= 0.6 is 35.0 Å². The molecule has 0 heterocycles. The highest BCUT2D eigenvalue weighted by Crippen LogP contribution is 2.24. The zero-order chi connectivity index (χ0) is 22.1. The Morgan fingerprint density at radius 3 is 2.43 bits per heavy atom. The molecule has 0 aliphatic rings. The highest BCUT2D eigenvalue weighted by molar-refractivity contribution is 7.99. The van der Waals surface area contributed by atoms with Gasteiger partial charge in [0.25, 0.3) is 0 Å². The molecule has 0 spiro atoms. The van der Waals surface area contributed by atoms with Crippen molar-refractivity contribution in [1.82, 2.24) is 10.2 Å². The Balaban J connectivity index is 2.14. The fourth-order valence-corrected chi connectivity index (χ4v) is 4.30. The van der Waals surface area contributed by atoms with Crippen LogP contribution in [0.1, 0.15) is 31.4 Å². The summed E-state index contributed by atoms with van der Waals surface area (Å²) in [6.45, 7) is 4.40. The number of nitrogens with zero attached hydrogens (tertiary/aromatic N) is 1. The minimum Gasteiger partial charge on any atom is -0.355 e. The van der Waals surface area contributed by atoms with E-state index in [9.17, 15) is 14.0 Å². The van der Waals surface area contributed by atoms with Gasteiger partial charge in [-0.05, 0) is 48.7 Å². The van der Waals surface area contributed by atoms with E-state index in [4.69, 9.17) is 23.2 Å². The Kier molecular flexibility index (Phi) is 9.95. The van der Waals surface area contributed by atoms with Gasteiger partial charge in [-0.3, -0.25) is 9.59 Å². The standard InChI is InChI=1S/C22H25Cl2FN2O2S/c1-3-20(22(29)26-4-2)27(12-16-7-8-17(23)11-19(16)24)21(28)14-30-13-15-5-9-18(25)10-6-15/h5-11,20H,3-4,12-14H2,1-2H3,(H,26,29). The van der Waals surface area contributed by atoms with Gasteiger partial charge in [-0.15, -0.1) is 11.8 Å². The summed E-state index contributed by atoms with van der Waals surface area (Å²) in [4.78, 5) is 27.2. The number of carbonyl (C=O) groups excluding carboxylic acids is 2. The summed E-state index contributed by atoms with van der Waals surface area (Å²) >= 11 is 13.7. The van der Waals surface area contributed by atoms with E-state index >= 15 is 0 Å². The molecule has 2 aromatic carbocycles. The maximum absolute atomic E-state index is 13.1. The van der Waals surface area contributed by atoms with Crippen LogP contribution < -0.4 is 5.32 Å². The van der Waals surface area contributed by atoms with Crippen LogP contribution in [-0.4, -0.2) is 35.1 Å². The van der Waals surface area contributed by atoms with Crippen LogP contribution in [0.25, 0.3) is 0 Å². The van der Waals surface area contributed by atoms with Crippen molar-refractivity contribution in [1.29, 1.82) is 0 Å². The van der Waals surface area contributed by atoms with Gasteiger partial charge in [-0.1, -0.05) is 48.3 Å². The average Bonchev–Trinajstić information content (AvgIpc) is 2.71. The molecule has 0 aromatic heterocycles. The van der Waals surface area contributed by atoms with Gasteiger partial charge in [-0.25, -0.2) is 4.39 Å². The molecule has 0 radical (unpaired) electrons. The third-order valence-electron chi connectivity index (χ3n) is 4.50. The number of rotatable bonds is 10. The van der Waals surface area contributed by atoms with Gasteiger partial charge in [0, 0.05) is 28.9 Å². The molecule has 0 fully saturated rings. The second kappa shape index (κ2) is 12.2. The maximum atomic E-state index is 13.1. The Hall–Kier alpha value is -1.76. The van der Waals surface area contributed by atoms with E-state index in [0.29, 0.717) is 28.8 Å². The van der Waals surface area contributed by atoms with Crippen molar-refractivity contribution in [3.63, 3.8) is 0 Å². The van der Waals surface area contributed by atoms with Crippen LogP contribution in [-0.2, 0) is 21.9 Å². The molecule has 2 amide bonds. The summed E-state index contributed by atoms with van der Waals surface area (Å²) < 4.78 is 13.0. The van der Waals surface area contributed by atoms with E-state index in [1.165, 1.54) is 23.9 Å². The van der Waals surface area contributed by atoms with E-state index in [1.807, 2.05) is 13.8 Å². The Labute approximate surface area is 191 Å². The van der Waals surface area contributed by atoms with E-state index in [2.05, 4.69) is 5.32 Å². The van der Waals surface area contributed by atoms with Crippen molar-refractivity contribution in [2.75, 3.05) is 12.3 Å². The first-order chi connectivity index (χ1) is 14.3. The summed E-state index contributed by atoms with van der Waals surface area (Å²) in [5, 5.41) is 3.76. The largest absolute Gasteiger partial charge is 0.355 e.